The molecule has 24 heavy (non-hydrogen) atoms. The number of hydrogen-bond donors (Lipinski definition) is 2. The number of nitrogens with one attached hydrogen (secondary N) is 1. The zero-order chi connectivity index (χ0) is 17.5. The van der Waals surface area contributed by atoms with Crippen LogP contribution in [0.25, 0.3) is 0 Å². The molecular formula is C17H24ClN3O2S. The fraction of sp³-hybridized carbons (Fsp3) is 0.529. The minimum Gasteiger partial charge on any atom is -0.339 e. The number of rotatable bonds is 6. The first-order valence-electron chi connectivity index (χ1n) is 8.17. The van der Waals surface area contributed by atoms with Crippen LogP contribution in [0.3, 0.4) is 0 Å². The Morgan fingerprint density at radius 2 is 2.04 bits per heavy atom. The molecule has 5 nitrogen and oxygen atoms in total. The lowest BCUT2D eigenvalue weighted by atomic mass is 10.1. The largest absolute Gasteiger partial charge is 0.339 e. The van der Waals surface area contributed by atoms with Crippen molar-refractivity contribution in [2.75, 3.05) is 30.4 Å². The van der Waals surface area contributed by atoms with Crippen molar-refractivity contribution in [3.63, 3.8) is 0 Å². The summed E-state index contributed by atoms with van der Waals surface area (Å²) in [5.41, 5.74) is 6.88. The SMILES string of the molecule is CSCC[C@H](N)C(=O)Nc1ccc(C(=O)N2CCCCC2)c(Cl)c1. The topological polar surface area (TPSA) is 75.4 Å². The van der Waals surface area contributed by atoms with Crippen LogP contribution in [-0.2, 0) is 4.79 Å². The third kappa shape index (κ3) is 5.13. The van der Waals surface area contributed by atoms with E-state index in [9.17, 15) is 9.59 Å². The first-order chi connectivity index (χ1) is 11.5. The molecule has 1 aliphatic heterocycles. The molecule has 0 radical (unpaired) electrons. The third-order valence-corrected chi connectivity index (χ3v) is 5.04. The van der Waals surface area contributed by atoms with Crippen molar-refractivity contribution in [3.05, 3.63) is 28.8 Å². The quantitative estimate of drug-likeness (QED) is 0.808. The van der Waals surface area contributed by atoms with Gasteiger partial charge in [0.25, 0.3) is 5.91 Å². The van der Waals surface area contributed by atoms with Crippen LogP contribution in [0.1, 0.15) is 36.0 Å². The summed E-state index contributed by atoms with van der Waals surface area (Å²) in [6.07, 6.45) is 5.82. The molecule has 1 aliphatic rings. The lowest BCUT2D eigenvalue weighted by Gasteiger charge is -2.27. The molecule has 1 heterocycles. The molecule has 1 aromatic carbocycles. The van der Waals surface area contributed by atoms with Gasteiger partial charge < -0.3 is 16.0 Å². The molecule has 1 fully saturated rings. The van der Waals surface area contributed by atoms with Gasteiger partial charge in [0.2, 0.25) is 5.91 Å². The van der Waals surface area contributed by atoms with Gasteiger partial charge in [-0.2, -0.15) is 11.8 Å². The molecule has 1 atom stereocenters. The van der Waals surface area contributed by atoms with Crippen LogP contribution in [-0.4, -0.2) is 47.9 Å². The minimum absolute atomic E-state index is 0.0470. The molecule has 132 valence electrons. The van der Waals surface area contributed by atoms with Crippen LogP contribution < -0.4 is 11.1 Å². The molecule has 0 aromatic heterocycles. The fourth-order valence-corrected chi connectivity index (χ4v) is 3.40. The van der Waals surface area contributed by atoms with E-state index >= 15 is 0 Å². The van der Waals surface area contributed by atoms with Gasteiger partial charge in [-0.15, -0.1) is 0 Å². The average Bonchev–Trinajstić information content (AvgIpc) is 2.60. The molecule has 0 bridgehead atoms. The van der Waals surface area contributed by atoms with Crippen molar-refractivity contribution in [1.29, 1.82) is 0 Å². The van der Waals surface area contributed by atoms with E-state index in [1.165, 1.54) is 6.42 Å². The van der Waals surface area contributed by atoms with Gasteiger partial charge in [0, 0.05) is 18.8 Å². The average molecular weight is 370 g/mol. The number of carbonyl (C=O) groups is 2. The fourth-order valence-electron chi connectivity index (χ4n) is 2.64. The van der Waals surface area contributed by atoms with Crippen molar-refractivity contribution >= 4 is 40.9 Å². The van der Waals surface area contributed by atoms with Crippen molar-refractivity contribution in [1.82, 2.24) is 4.90 Å². The Balaban J connectivity index is 2.01. The van der Waals surface area contributed by atoms with Gasteiger partial charge in [0.15, 0.2) is 0 Å². The Morgan fingerprint density at radius 3 is 2.67 bits per heavy atom. The van der Waals surface area contributed by atoms with E-state index in [2.05, 4.69) is 5.32 Å². The molecule has 0 aliphatic carbocycles. The summed E-state index contributed by atoms with van der Waals surface area (Å²) in [6.45, 7) is 1.55. The molecule has 7 heteroatoms. The number of benzene rings is 1. The molecule has 2 rings (SSSR count). The molecule has 3 N–H and O–H groups in total. The highest BCUT2D eigenvalue weighted by Gasteiger charge is 2.21. The summed E-state index contributed by atoms with van der Waals surface area (Å²) in [5, 5.41) is 3.10. The summed E-state index contributed by atoms with van der Waals surface area (Å²) in [4.78, 5) is 26.4. The first kappa shape index (κ1) is 19.1. The van der Waals surface area contributed by atoms with Gasteiger partial charge in [0.1, 0.15) is 0 Å². The molecule has 1 aromatic rings. The molecule has 2 amide bonds. The maximum atomic E-state index is 12.5. The van der Waals surface area contributed by atoms with E-state index in [1.807, 2.05) is 11.2 Å². The lowest BCUT2D eigenvalue weighted by molar-refractivity contribution is -0.117. The second kappa shape index (κ2) is 9.30. The summed E-state index contributed by atoms with van der Waals surface area (Å²) >= 11 is 7.91. The van der Waals surface area contributed by atoms with Crippen LogP contribution >= 0.6 is 23.4 Å². The van der Waals surface area contributed by atoms with E-state index in [0.29, 0.717) is 22.7 Å². The summed E-state index contributed by atoms with van der Waals surface area (Å²) in [5.74, 6) is 0.544. The number of halogens is 1. The van der Waals surface area contributed by atoms with Crippen molar-refractivity contribution in [2.45, 2.75) is 31.7 Å². The van der Waals surface area contributed by atoms with Gasteiger partial charge in [-0.05, 0) is 55.9 Å². The Labute approximate surface area is 152 Å². The van der Waals surface area contributed by atoms with E-state index in [0.717, 1.165) is 31.7 Å². The number of piperidine rings is 1. The molecule has 0 spiro atoms. The number of hydrogen-bond acceptors (Lipinski definition) is 4. The van der Waals surface area contributed by atoms with Crippen molar-refractivity contribution in [2.24, 2.45) is 5.73 Å². The predicted octanol–water partition coefficient (Wildman–Crippen LogP) is 2.99. The zero-order valence-electron chi connectivity index (χ0n) is 13.9. The third-order valence-electron chi connectivity index (χ3n) is 4.08. The van der Waals surface area contributed by atoms with Gasteiger partial charge >= 0.3 is 0 Å². The molecule has 0 unspecified atom stereocenters. The van der Waals surface area contributed by atoms with E-state index in [1.54, 1.807) is 30.0 Å². The number of nitrogens with zero attached hydrogens (tertiary/aromatic N) is 1. The van der Waals surface area contributed by atoms with E-state index in [-0.39, 0.29) is 11.8 Å². The highest BCUT2D eigenvalue weighted by Crippen LogP contribution is 2.24. The second-order valence-corrected chi connectivity index (χ2v) is 7.32. The summed E-state index contributed by atoms with van der Waals surface area (Å²) < 4.78 is 0. The van der Waals surface area contributed by atoms with E-state index in [4.69, 9.17) is 17.3 Å². The van der Waals surface area contributed by atoms with Crippen LogP contribution in [0.4, 0.5) is 5.69 Å². The van der Waals surface area contributed by atoms with Crippen molar-refractivity contribution in [3.8, 4) is 0 Å². The summed E-state index contributed by atoms with van der Waals surface area (Å²) in [6, 6.07) is 4.42. The number of likely N-dealkylation sites (tertiary alicyclic amines) is 1. The number of anilines is 1. The molecular weight excluding hydrogens is 346 g/mol. The Kier molecular flexibility index (Phi) is 7.40. The van der Waals surface area contributed by atoms with Gasteiger partial charge in [0.05, 0.1) is 16.6 Å². The van der Waals surface area contributed by atoms with Crippen LogP contribution in [0.15, 0.2) is 18.2 Å². The highest BCUT2D eigenvalue weighted by molar-refractivity contribution is 7.98. The monoisotopic (exact) mass is 369 g/mol. The van der Waals surface area contributed by atoms with E-state index < -0.39 is 6.04 Å². The van der Waals surface area contributed by atoms with Crippen molar-refractivity contribution < 1.29 is 9.59 Å². The van der Waals surface area contributed by atoms with Gasteiger partial charge in [-0.3, -0.25) is 9.59 Å². The van der Waals surface area contributed by atoms with Gasteiger partial charge in [-0.25, -0.2) is 0 Å². The van der Waals surface area contributed by atoms with Crippen LogP contribution in [0, 0.1) is 0 Å². The molecule has 0 saturated carbocycles. The number of carbonyl (C=O) groups excluding carboxylic acids is 2. The predicted molar refractivity (Wildman–Crippen MR) is 101 cm³/mol. The second-order valence-electron chi connectivity index (χ2n) is 5.92. The number of thioether (sulfide) groups is 1. The van der Waals surface area contributed by atoms with Gasteiger partial charge in [-0.1, -0.05) is 11.6 Å². The van der Waals surface area contributed by atoms with Crippen LogP contribution in [0.2, 0.25) is 5.02 Å². The minimum atomic E-state index is -0.550. The number of nitrogens with two attached hydrogens (primary N) is 1. The van der Waals surface area contributed by atoms with Crippen LogP contribution in [0.5, 0.6) is 0 Å². The smallest absolute Gasteiger partial charge is 0.255 e. The summed E-state index contributed by atoms with van der Waals surface area (Å²) in [7, 11) is 0. The highest BCUT2D eigenvalue weighted by atomic mass is 35.5. The Morgan fingerprint density at radius 1 is 1.33 bits per heavy atom. The maximum Gasteiger partial charge on any atom is 0.255 e. The Bertz CT molecular complexity index is 591. The standard InChI is InChI=1S/C17H24ClN3O2S/c1-24-10-7-15(19)16(22)20-12-5-6-13(14(18)11-12)17(23)21-8-3-2-4-9-21/h5-6,11,15H,2-4,7-10,19H2,1H3,(H,20,22)/t15-/m0/s1. The maximum absolute atomic E-state index is 12.5. The first-order valence-corrected chi connectivity index (χ1v) is 9.94. The zero-order valence-corrected chi connectivity index (χ0v) is 15.5. The Hall–Kier alpha value is -1.24. The molecule has 1 saturated heterocycles. The normalized spacial score (nSPS) is 15.9. The lowest BCUT2D eigenvalue weighted by Crippen LogP contribution is -2.36. The number of amides is 2.